The van der Waals surface area contributed by atoms with Crippen LogP contribution in [0, 0.1) is 0 Å². The monoisotopic (exact) mass is 264 g/mol. The van der Waals surface area contributed by atoms with Gasteiger partial charge >= 0.3 is 0 Å². The molecule has 3 N–H and O–H groups in total. The normalized spacial score (nSPS) is 10.3. The van der Waals surface area contributed by atoms with E-state index in [9.17, 15) is 9.59 Å². The Morgan fingerprint density at radius 2 is 2.33 bits per heavy atom. The Labute approximate surface area is 107 Å². The van der Waals surface area contributed by atoms with Crippen LogP contribution in [0.15, 0.2) is 28.5 Å². The van der Waals surface area contributed by atoms with Gasteiger partial charge in [0, 0.05) is 24.2 Å². The van der Waals surface area contributed by atoms with Crippen molar-refractivity contribution >= 4 is 28.1 Å². The number of pyridine rings is 1. The number of thiazole rings is 1. The van der Waals surface area contributed by atoms with Crippen molar-refractivity contribution in [3.05, 3.63) is 39.8 Å². The van der Waals surface area contributed by atoms with Gasteiger partial charge in [0.05, 0.1) is 5.69 Å². The van der Waals surface area contributed by atoms with E-state index in [1.165, 1.54) is 22.0 Å². The third kappa shape index (κ3) is 2.57. The van der Waals surface area contributed by atoms with Crippen LogP contribution < -0.4 is 16.6 Å². The van der Waals surface area contributed by atoms with Crippen LogP contribution in [-0.2, 0) is 6.54 Å². The molecule has 94 valence electrons. The molecule has 0 saturated carbocycles. The number of hydrogen-bond donors (Lipinski definition) is 2. The van der Waals surface area contributed by atoms with Crippen LogP contribution >= 0.6 is 11.3 Å². The van der Waals surface area contributed by atoms with Crippen LogP contribution in [0.4, 0.5) is 10.8 Å². The molecule has 2 heterocycles. The fourth-order valence-electron chi connectivity index (χ4n) is 1.44. The molecular formula is C11H12N4O2S. The number of anilines is 2. The summed E-state index contributed by atoms with van der Waals surface area (Å²) in [6.07, 6.45) is 1.59. The SMILES string of the molecule is CCn1cc(NC(=O)c2csc(N)n2)ccc1=O. The minimum absolute atomic E-state index is 0.103. The second kappa shape index (κ2) is 5.01. The molecule has 18 heavy (non-hydrogen) atoms. The van der Waals surface area contributed by atoms with Crippen LogP contribution in [0.25, 0.3) is 0 Å². The van der Waals surface area contributed by atoms with Crippen LogP contribution in [0.2, 0.25) is 0 Å². The zero-order valence-corrected chi connectivity index (χ0v) is 10.5. The van der Waals surface area contributed by atoms with Gasteiger partial charge < -0.3 is 15.6 Å². The Morgan fingerprint density at radius 1 is 1.56 bits per heavy atom. The Balaban J connectivity index is 2.19. The summed E-state index contributed by atoms with van der Waals surface area (Å²) in [6, 6.07) is 2.97. The largest absolute Gasteiger partial charge is 0.375 e. The second-order valence-corrected chi connectivity index (χ2v) is 4.46. The highest BCUT2D eigenvalue weighted by atomic mass is 32.1. The summed E-state index contributed by atoms with van der Waals surface area (Å²) < 4.78 is 1.50. The van der Waals surface area contributed by atoms with Crippen molar-refractivity contribution in [2.45, 2.75) is 13.5 Å². The molecule has 2 aromatic heterocycles. The molecule has 0 aliphatic heterocycles. The first-order chi connectivity index (χ1) is 8.60. The van der Waals surface area contributed by atoms with Crippen molar-refractivity contribution in [2.75, 3.05) is 11.1 Å². The molecule has 1 amide bonds. The third-order valence-corrected chi connectivity index (χ3v) is 3.01. The quantitative estimate of drug-likeness (QED) is 0.870. The zero-order chi connectivity index (χ0) is 13.1. The van der Waals surface area contributed by atoms with Crippen molar-refractivity contribution in [3.8, 4) is 0 Å². The van der Waals surface area contributed by atoms with E-state index in [1.54, 1.807) is 17.6 Å². The van der Waals surface area contributed by atoms with Gasteiger partial charge in [-0.25, -0.2) is 4.98 Å². The minimum Gasteiger partial charge on any atom is -0.375 e. The van der Waals surface area contributed by atoms with E-state index in [-0.39, 0.29) is 17.2 Å². The number of carbonyl (C=O) groups is 1. The van der Waals surface area contributed by atoms with Gasteiger partial charge in [-0.3, -0.25) is 9.59 Å². The van der Waals surface area contributed by atoms with Gasteiger partial charge in [0.15, 0.2) is 5.13 Å². The molecule has 0 atom stereocenters. The van der Waals surface area contributed by atoms with Crippen LogP contribution in [-0.4, -0.2) is 15.5 Å². The predicted octanol–water partition coefficient (Wildman–Crippen LogP) is 1.16. The Morgan fingerprint density at radius 3 is 2.94 bits per heavy atom. The smallest absolute Gasteiger partial charge is 0.275 e. The van der Waals surface area contributed by atoms with Crippen molar-refractivity contribution in [3.63, 3.8) is 0 Å². The van der Waals surface area contributed by atoms with Crippen LogP contribution in [0.1, 0.15) is 17.4 Å². The first-order valence-electron chi connectivity index (χ1n) is 5.33. The van der Waals surface area contributed by atoms with Gasteiger partial charge in [-0.05, 0) is 13.0 Å². The summed E-state index contributed by atoms with van der Waals surface area (Å²) >= 11 is 1.20. The molecule has 0 aliphatic carbocycles. The molecule has 0 saturated heterocycles. The summed E-state index contributed by atoms with van der Waals surface area (Å²) in [5, 5.41) is 4.59. The maximum Gasteiger partial charge on any atom is 0.275 e. The summed E-state index contributed by atoms with van der Waals surface area (Å²) in [5.41, 5.74) is 6.17. The molecule has 0 fully saturated rings. The van der Waals surface area contributed by atoms with E-state index in [0.29, 0.717) is 17.4 Å². The van der Waals surface area contributed by atoms with Gasteiger partial charge in [0.2, 0.25) is 0 Å². The number of nitrogens with zero attached hydrogens (tertiary/aromatic N) is 2. The third-order valence-electron chi connectivity index (χ3n) is 2.34. The van der Waals surface area contributed by atoms with Gasteiger partial charge in [-0.1, -0.05) is 0 Å². The molecule has 0 bridgehead atoms. The maximum absolute atomic E-state index is 11.8. The first-order valence-corrected chi connectivity index (χ1v) is 6.21. The lowest BCUT2D eigenvalue weighted by Crippen LogP contribution is -2.19. The summed E-state index contributed by atoms with van der Waals surface area (Å²) in [6.45, 7) is 2.40. The molecule has 0 aliphatic rings. The second-order valence-electron chi connectivity index (χ2n) is 3.57. The molecule has 0 spiro atoms. The molecule has 2 rings (SSSR count). The molecule has 6 nitrogen and oxygen atoms in total. The van der Waals surface area contributed by atoms with Crippen molar-refractivity contribution in [2.24, 2.45) is 0 Å². The van der Waals surface area contributed by atoms with E-state index in [1.807, 2.05) is 6.92 Å². The molecule has 2 aromatic rings. The molecule has 7 heteroatoms. The lowest BCUT2D eigenvalue weighted by atomic mass is 10.3. The summed E-state index contributed by atoms with van der Waals surface area (Å²) in [4.78, 5) is 27.1. The van der Waals surface area contributed by atoms with E-state index in [4.69, 9.17) is 5.73 Å². The Bertz CT molecular complexity index is 632. The van der Waals surface area contributed by atoms with Crippen molar-refractivity contribution < 1.29 is 4.79 Å². The molecule has 0 aromatic carbocycles. The van der Waals surface area contributed by atoms with Gasteiger partial charge in [0.25, 0.3) is 11.5 Å². The standard InChI is InChI=1S/C11H12N4O2S/c1-2-15-5-7(3-4-9(15)16)13-10(17)8-6-18-11(12)14-8/h3-6H,2H2,1H3,(H2,12,14)(H,13,17). The number of nitrogens with two attached hydrogens (primary N) is 1. The minimum atomic E-state index is -0.343. The van der Waals surface area contributed by atoms with Crippen LogP contribution in [0.5, 0.6) is 0 Å². The Kier molecular flexibility index (Phi) is 3.42. The molecule has 0 radical (unpaired) electrons. The highest BCUT2D eigenvalue weighted by molar-refractivity contribution is 7.13. The highest BCUT2D eigenvalue weighted by Crippen LogP contribution is 2.13. The first kappa shape index (κ1) is 12.3. The van der Waals surface area contributed by atoms with Gasteiger partial charge in [-0.15, -0.1) is 11.3 Å². The summed E-state index contributed by atoms with van der Waals surface area (Å²) in [5.74, 6) is -0.343. The van der Waals surface area contributed by atoms with E-state index in [0.717, 1.165) is 0 Å². The number of hydrogen-bond acceptors (Lipinski definition) is 5. The number of aryl methyl sites for hydroxylation is 1. The van der Waals surface area contributed by atoms with Gasteiger partial charge in [0.1, 0.15) is 5.69 Å². The zero-order valence-electron chi connectivity index (χ0n) is 9.71. The maximum atomic E-state index is 11.8. The highest BCUT2D eigenvalue weighted by Gasteiger charge is 2.10. The van der Waals surface area contributed by atoms with E-state index in [2.05, 4.69) is 10.3 Å². The lowest BCUT2D eigenvalue weighted by molar-refractivity contribution is 0.102. The van der Waals surface area contributed by atoms with Crippen molar-refractivity contribution in [1.29, 1.82) is 0 Å². The predicted molar refractivity (Wildman–Crippen MR) is 70.9 cm³/mol. The number of nitrogens with one attached hydrogen (secondary N) is 1. The van der Waals surface area contributed by atoms with E-state index < -0.39 is 0 Å². The number of rotatable bonds is 3. The Hall–Kier alpha value is -2.15. The lowest BCUT2D eigenvalue weighted by Gasteiger charge is -2.06. The molecule has 0 unspecified atom stereocenters. The average molecular weight is 264 g/mol. The topological polar surface area (TPSA) is 90.0 Å². The summed E-state index contributed by atoms with van der Waals surface area (Å²) in [7, 11) is 0. The number of carbonyl (C=O) groups excluding carboxylic acids is 1. The van der Waals surface area contributed by atoms with Crippen molar-refractivity contribution in [1.82, 2.24) is 9.55 Å². The van der Waals surface area contributed by atoms with Gasteiger partial charge in [-0.2, -0.15) is 0 Å². The molecular weight excluding hydrogens is 252 g/mol. The fraction of sp³-hybridized carbons (Fsp3) is 0.182. The average Bonchev–Trinajstić information content (AvgIpc) is 2.78. The fourth-order valence-corrected chi connectivity index (χ4v) is 1.98. The van der Waals surface area contributed by atoms with E-state index >= 15 is 0 Å². The number of amides is 1. The van der Waals surface area contributed by atoms with Crippen LogP contribution in [0.3, 0.4) is 0 Å². The number of nitrogen functional groups attached to an aromatic ring is 1. The number of aromatic nitrogens is 2.